The van der Waals surface area contributed by atoms with Crippen molar-refractivity contribution < 1.29 is 17.6 Å². The minimum atomic E-state index is -1.24. The molecule has 8 nitrogen and oxygen atoms in total. The van der Waals surface area contributed by atoms with Crippen LogP contribution in [0.2, 0.25) is 0 Å². The van der Waals surface area contributed by atoms with Gasteiger partial charge in [-0.1, -0.05) is 42.5 Å². The van der Waals surface area contributed by atoms with E-state index in [9.17, 15) is 29.8 Å². The van der Waals surface area contributed by atoms with Gasteiger partial charge in [0.1, 0.15) is 35.4 Å². The van der Waals surface area contributed by atoms with Crippen LogP contribution in [-0.2, 0) is 0 Å². The second-order valence-electron chi connectivity index (χ2n) is 12.5. The molecule has 266 valence electrons. The van der Waals surface area contributed by atoms with Crippen molar-refractivity contribution >= 4 is 45.1 Å². The van der Waals surface area contributed by atoms with E-state index in [0.29, 0.717) is 0 Å². The summed E-state index contributed by atoms with van der Waals surface area (Å²) in [5.74, 6) is -3.89. The van der Waals surface area contributed by atoms with Crippen molar-refractivity contribution in [2.24, 2.45) is 0 Å². The highest BCUT2D eigenvalue weighted by atomic mass is 19.1. The van der Waals surface area contributed by atoms with Crippen LogP contribution in [0.3, 0.4) is 0 Å². The monoisotopic (exact) mass is 754 g/mol. The molecule has 0 amide bonds. The molecule has 7 rings (SSSR count). The SMILES string of the molecule is [C-]#[N+]C1=C(F)/C(=C(/C#N)c2cc([N+]#[C-])cc([N+]#[C-])c2)c2c1c(-c1ccc(F)cc1)c1c(c2-c2ccc(F)cc2)/C(=C(\[N+]#[C-])c2cc(C#N)cc(C#N)c2)C(F)=C1C#N. The van der Waals surface area contributed by atoms with E-state index in [0.717, 1.165) is 24.3 Å². The second kappa shape index (κ2) is 14.5. The summed E-state index contributed by atoms with van der Waals surface area (Å²) in [7, 11) is 0. The van der Waals surface area contributed by atoms with Gasteiger partial charge in [0.15, 0.2) is 11.4 Å². The standard InChI is InChI=1S/C46H14F4N8/c1-55-31-16-27(17-32(18-31)56-2)33(21-53)38-40-36(26-7-11-30(48)12-8-26)39-37(35(25-5-9-29(47)10-6-25)41(40)46(58-4)44(38)50)34(22-54)43(49)42(39)45(57-3)28-14-23(19-51)13-24(15-28)20-52/h5-18H/b38-33-,45-42+. The van der Waals surface area contributed by atoms with Gasteiger partial charge in [-0.25, -0.2) is 36.9 Å². The molecule has 0 bridgehead atoms. The largest absolute Gasteiger partial charge is 0.239 e. The molecule has 0 aliphatic heterocycles. The van der Waals surface area contributed by atoms with Gasteiger partial charge < -0.3 is 0 Å². The summed E-state index contributed by atoms with van der Waals surface area (Å²) in [6.07, 6.45) is 0. The van der Waals surface area contributed by atoms with Crippen LogP contribution in [0, 0.1) is 83.2 Å². The first-order chi connectivity index (χ1) is 28.1. The highest BCUT2D eigenvalue weighted by Crippen LogP contribution is 2.61. The molecule has 5 aromatic rings. The molecule has 0 N–H and O–H groups in total. The molecule has 58 heavy (non-hydrogen) atoms. The van der Waals surface area contributed by atoms with E-state index in [4.69, 9.17) is 26.3 Å². The maximum atomic E-state index is 17.4. The molecule has 0 saturated heterocycles. The van der Waals surface area contributed by atoms with E-state index in [1.807, 2.05) is 24.3 Å². The summed E-state index contributed by atoms with van der Waals surface area (Å²) in [6.45, 7) is 31.7. The highest BCUT2D eigenvalue weighted by Gasteiger charge is 2.44. The Morgan fingerprint density at radius 3 is 1.47 bits per heavy atom. The van der Waals surface area contributed by atoms with Crippen LogP contribution in [0.1, 0.15) is 44.5 Å². The predicted octanol–water partition coefficient (Wildman–Crippen LogP) is 12.2. The van der Waals surface area contributed by atoms with Crippen molar-refractivity contribution in [2.45, 2.75) is 0 Å². The van der Waals surface area contributed by atoms with Gasteiger partial charge in [0.2, 0.25) is 11.4 Å². The molecule has 5 aromatic carbocycles. The number of rotatable bonds is 4. The van der Waals surface area contributed by atoms with Gasteiger partial charge >= 0.3 is 0 Å². The van der Waals surface area contributed by atoms with Crippen LogP contribution in [-0.4, -0.2) is 0 Å². The zero-order valence-corrected chi connectivity index (χ0v) is 29.2. The Hall–Kier alpha value is -9.30. The summed E-state index contributed by atoms with van der Waals surface area (Å²) < 4.78 is 63.9. The lowest BCUT2D eigenvalue weighted by Gasteiger charge is -2.24. The third-order valence-electron chi connectivity index (χ3n) is 9.47. The van der Waals surface area contributed by atoms with Gasteiger partial charge in [0.25, 0.3) is 0 Å². The fourth-order valence-electron chi connectivity index (χ4n) is 7.19. The summed E-state index contributed by atoms with van der Waals surface area (Å²) in [6, 6.07) is 24.3. The van der Waals surface area contributed by atoms with Gasteiger partial charge in [-0.05, 0) is 87.0 Å². The van der Waals surface area contributed by atoms with E-state index in [1.165, 1.54) is 60.7 Å². The number of halogens is 4. The maximum Gasteiger partial charge on any atom is 0.231 e. The molecule has 0 radical (unpaired) electrons. The van der Waals surface area contributed by atoms with Crippen molar-refractivity contribution in [3.63, 3.8) is 0 Å². The Morgan fingerprint density at radius 1 is 0.500 bits per heavy atom. The average Bonchev–Trinajstić information content (AvgIpc) is 3.69. The maximum absolute atomic E-state index is 17.4. The van der Waals surface area contributed by atoms with Crippen molar-refractivity contribution in [3.8, 4) is 46.5 Å². The molecule has 0 saturated carbocycles. The topological polar surface area (TPSA) is 113 Å². The normalized spacial score (nSPS) is 14.0. The van der Waals surface area contributed by atoms with E-state index in [1.54, 1.807) is 0 Å². The van der Waals surface area contributed by atoms with Crippen LogP contribution >= 0.6 is 0 Å². The number of hydrogen-bond acceptors (Lipinski definition) is 4. The van der Waals surface area contributed by atoms with E-state index in [-0.39, 0.29) is 78.1 Å². The Morgan fingerprint density at radius 2 is 1.02 bits per heavy atom. The van der Waals surface area contributed by atoms with Gasteiger partial charge in [0, 0.05) is 22.3 Å². The second-order valence-corrected chi connectivity index (χ2v) is 12.5. The Labute approximate surface area is 327 Å². The van der Waals surface area contributed by atoms with Gasteiger partial charge in [-0.15, -0.1) is 0 Å². The quantitative estimate of drug-likeness (QED) is 0.103. The first kappa shape index (κ1) is 37.0. The zero-order chi connectivity index (χ0) is 41.4. The Kier molecular flexibility index (Phi) is 9.26. The molecule has 12 heteroatoms. The lowest BCUT2D eigenvalue weighted by atomic mass is 9.78. The van der Waals surface area contributed by atoms with E-state index >= 15 is 8.78 Å². The van der Waals surface area contributed by atoms with Crippen LogP contribution in [0.25, 0.3) is 75.3 Å². The molecule has 0 fully saturated rings. The van der Waals surface area contributed by atoms with Crippen LogP contribution in [0.4, 0.5) is 28.9 Å². The molecule has 0 atom stereocenters. The summed E-state index contributed by atoms with van der Waals surface area (Å²) >= 11 is 0. The molecule has 0 unspecified atom stereocenters. The highest BCUT2D eigenvalue weighted by molar-refractivity contribution is 6.24. The van der Waals surface area contributed by atoms with Crippen molar-refractivity contribution in [3.05, 3.63) is 198 Å². The van der Waals surface area contributed by atoms with Gasteiger partial charge in [-0.3, -0.25) is 0 Å². The fourth-order valence-corrected chi connectivity index (χ4v) is 7.19. The summed E-state index contributed by atoms with van der Waals surface area (Å²) in [5, 5.41) is 41.0. The molecule has 2 aliphatic rings. The van der Waals surface area contributed by atoms with Crippen molar-refractivity contribution in [2.75, 3.05) is 0 Å². The van der Waals surface area contributed by atoms with Gasteiger partial charge in [-0.2, -0.15) is 21.0 Å². The Balaban J connectivity index is 1.83. The van der Waals surface area contributed by atoms with Crippen LogP contribution in [0.15, 0.2) is 96.6 Å². The van der Waals surface area contributed by atoms with Gasteiger partial charge in [0.05, 0.1) is 60.7 Å². The van der Waals surface area contributed by atoms with Crippen LogP contribution in [0.5, 0.6) is 0 Å². The first-order valence-corrected chi connectivity index (χ1v) is 16.5. The third kappa shape index (κ3) is 5.71. The summed E-state index contributed by atoms with van der Waals surface area (Å²) in [4.78, 5) is 13.9. The van der Waals surface area contributed by atoms with Crippen LogP contribution < -0.4 is 0 Å². The molecular formula is C46H14F4N8. The number of hydrogen-bond donors (Lipinski definition) is 0. The van der Waals surface area contributed by atoms with Crippen molar-refractivity contribution in [1.29, 1.82) is 21.0 Å². The lowest BCUT2D eigenvalue weighted by Crippen LogP contribution is -2.04. The first-order valence-electron chi connectivity index (χ1n) is 16.5. The fraction of sp³-hybridized carbons (Fsp3) is 0. The molecule has 0 heterocycles. The smallest absolute Gasteiger partial charge is 0.231 e. The van der Waals surface area contributed by atoms with E-state index < -0.39 is 57.0 Å². The zero-order valence-electron chi connectivity index (χ0n) is 29.2. The minimum Gasteiger partial charge on any atom is -0.239 e. The van der Waals surface area contributed by atoms with E-state index in [2.05, 4.69) is 19.4 Å². The predicted molar refractivity (Wildman–Crippen MR) is 206 cm³/mol. The molecular weight excluding hydrogens is 741 g/mol. The average molecular weight is 755 g/mol. The molecule has 0 aromatic heterocycles. The number of nitriles is 4. The minimum absolute atomic E-state index is 0.0578. The number of allylic oxidation sites excluding steroid dienone is 6. The summed E-state index contributed by atoms with van der Waals surface area (Å²) in [5.41, 5.74) is -4.89. The lowest BCUT2D eigenvalue weighted by molar-refractivity contribution is 0.627. The molecule has 0 spiro atoms. The molecule has 2 aliphatic carbocycles. The number of fused-ring (bicyclic) bond motifs is 2. The number of nitrogens with zero attached hydrogens (tertiary/aromatic N) is 8. The van der Waals surface area contributed by atoms with Crippen molar-refractivity contribution in [1.82, 2.24) is 0 Å². The third-order valence-corrected chi connectivity index (χ3v) is 9.47. The number of benzene rings is 5. The Bertz CT molecular complexity index is 2990.